The number of rotatable bonds is 10. The molecule has 1 heterocycles. The standard InChI is InChI=1S/C23H24N2O6/c1-4-16-6-5-7-17(12-16)25-15-24-22(23(26)27)18-13-20(30-10-8-28-2)21(14-19(18)25)31-11-9-29-3/h1,5-7,12-14H,8-11,15H2,2-3H3,(H,26,27). The lowest BCUT2D eigenvalue weighted by Gasteiger charge is -2.30. The molecule has 1 N–H and O–H groups in total. The van der Waals surface area contributed by atoms with Crippen molar-refractivity contribution in [1.29, 1.82) is 0 Å². The molecule has 2 aromatic rings. The van der Waals surface area contributed by atoms with E-state index in [1.807, 2.05) is 29.2 Å². The fraction of sp³-hybridized carbons (Fsp3) is 0.304. The molecule has 0 atom stereocenters. The molecule has 2 aromatic carbocycles. The number of nitrogens with zero attached hydrogens (tertiary/aromatic N) is 2. The molecule has 0 saturated heterocycles. The molecule has 3 rings (SSSR count). The molecule has 162 valence electrons. The minimum atomic E-state index is -1.12. The highest BCUT2D eigenvalue weighted by atomic mass is 16.5. The Kier molecular flexibility index (Phi) is 7.49. The number of fused-ring (bicyclic) bond motifs is 1. The van der Waals surface area contributed by atoms with Crippen LogP contribution in [0.25, 0.3) is 0 Å². The minimum absolute atomic E-state index is 0.0422. The smallest absolute Gasteiger partial charge is 0.354 e. The molecular weight excluding hydrogens is 400 g/mol. The maximum absolute atomic E-state index is 11.8. The molecule has 0 radical (unpaired) electrons. The van der Waals surface area contributed by atoms with E-state index in [2.05, 4.69) is 10.9 Å². The Morgan fingerprint density at radius 2 is 1.77 bits per heavy atom. The fourth-order valence-corrected chi connectivity index (χ4v) is 3.13. The Labute approximate surface area is 181 Å². The van der Waals surface area contributed by atoms with Crippen LogP contribution in [0, 0.1) is 12.3 Å². The summed E-state index contributed by atoms with van der Waals surface area (Å²) in [6.07, 6.45) is 5.54. The molecule has 1 aliphatic heterocycles. The predicted octanol–water partition coefficient (Wildman–Crippen LogP) is 2.70. The number of terminal acetylenes is 1. The van der Waals surface area contributed by atoms with Crippen molar-refractivity contribution in [3.05, 3.63) is 47.5 Å². The van der Waals surface area contributed by atoms with Gasteiger partial charge in [0, 0.05) is 37.1 Å². The molecule has 0 saturated carbocycles. The zero-order chi connectivity index (χ0) is 22.2. The predicted molar refractivity (Wildman–Crippen MR) is 117 cm³/mol. The van der Waals surface area contributed by atoms with Gasteiger partial charge in [-0.15, -0.1) is 6.42 Å². The monoisotopic (exact) mass is 424 g/mol. The SMILES string of the molecule is C#Cc1cccc(N2CN=C(C(=O)O)c3cc(OCCOC)c(OCCOC)cc32)c1. The summed E-state index contributed by atoms with van der Waals surface area (Å²) < 4.78 is 21.8. The summed E-state index contributed by atoms with van der Waals surface area (Å²) in [5.74, 6) is 2.37. The van der Waals surface area contributed by atoms with Crippen molar-refractivity contribution in [2.45, 2.75) is 0 Å². The van der Waals surface area contributed by atoms with Crippen molar-refractivity contribution in [3.8, 4) is 23.8 Å². The lowest BCUT2D eigenvalue weighted by Crippen LogP contribution is -2.29. The lowest BCUT2D eigenvalue weighted by atomic mass is 10.0. The van der Waals surface area contributed by atoms with E-state index in [4.69, 9.17) is 25.4 Å². The van der Waals surface area contributed by atoms with Gasteiger partial charge in [0.1, 0.15) is 19.9 Å². The number of benzene rings is 2. The number of methoxy groups -OCH3 is 2. The van der Waals surface area contributed by atoms with Crippen LogP contribution in [-0.4, -0.2) is 64.1 Å². The van der Waals surface area contributed by atoms with Crippen molar-refractivity contribution in [2.24, 2.45) is 4.99 Å². The Hall–Kier alpha value is -3.54. The third-order valence-electron chi connectivity index (χ3n) is 4.60. The first-order chi connectivity index (χ1) is 15.1. The molecule has 0 amide bonds. The van der Waals surface area contributed by atoms with Crippen LogP contribution in [0.15, 0.2) is 41.4 Å². The van der Waals surface area contributed by atoms with Gasteiger partial charge in [0.25, 0.3) is 0 Å². The third-order valence-corrected chi connectivity index (χ3v) is 4.60. The summed E-state index contributed by atoms with van der Waals surface area (Å²) in [6.45, 7) is 1.49. The van der Waals surface area contributed by atoms with Crippen LogP contribution in [0.3, 0.4) is 0 Å². The van der Waals surface area contributed by atoms with Gasteiger partial charge >= 0.3 is 5.97 Å². The minimum Gasteiger partial charge on any atom is -0.487 e. The number of aliphatic imine (C=N–C) groups is 1. The van der Waals surface area contributed by atoms with E-state index in [-0.39, 0.29) is 19.0 Å². The second-order valence-corrected chi connectivity index (χ2v) is 6.57. The van der Waals surface area contributed by atoms with E-state index >= 15 is 0 Å². The Morgan fingerprint density at radius 3 is 2.39 bits per heavy atom. The second-order valence-electron chi connectivity index (χ2n) is 6.57. The summed E-state index contributed by atoms with van der Waals surface area (Å²) >= 11 is 0. The van der Waals surface area contributed by atoms with Crippen LogP contribution in [-0.2, 0) is 14.3 Å². The number of ether oxygens (including phenoxy) is 4. The maximum atomic E-state index is 11.8. The van der Waals surface area contributed by atoms with Gasteiger partial charge in [-0.05, 0) is 24.3 Å². The maximum Gasteiger partial charge on any atom is 0.354 e. The Bertz CT molecular complexity index is 1010. The number of anilines is 2. The lowest BCUT2D eigenvalue weighted by molar-refractivity contribution is -0.129. The van der Waals surface area contributed by atoms with Gasteiger partial charge in [-0.3, -0.25) is 4.99 Å². The molecule has 0 aromatic heterocycles. The summed E-state index contributed by atoms with van der Waals surface area (Å²) in [7, 11) is 3.16. The molecule has 8 heteroatoms. The fourth-order valence-electron chi connectivity index (χ4n) is 3.13. The molecule has 0 aliphatic carbocycles. The first-order valence-corrected chi connectivity index (χ1v) is 9.63. The number of carboxylic acids is 1. The topological polar surface area (TPSA) is 89.8 Å². The number of aliphatic carboxylic acids is 1. The van der Waals surface area contributed by atoms with E-state index in [1.54, 1.807) is 26.4 Å². The normalized spacial score (nSPS) is 12.5. The molecule has 0 fully saturated rings. The van der Waals surface area contributed by atoms with Gasteiger partial charge in [0.05, 0.1) is 18.9 Å². The summed E-state index contributed by atoms with van der Waals surface area (Å²) in [5, 5.41) is 9.69. The second kappa shape index (κ2) is 10.5. The summed E-state index contributed by atoms with van der Waals surface area (Å²) in [6, 6.07) is 10.8. The van der Waals surface area contributed by atoms with Gasteiger partial charge < -0.3 is 29.0 Å². The Morgan fingerprint density at radius 1 is 1.10 bits per heavy atom. The molecule has 0 spiro atoms. The van der Waals surface area contributed by atoms with Crippen LogP contribution < -0.4 is 14.4 Å². The molecule has 8 nitrogen and oxygen atoms in total. The van der Waals surface area contributed by atoms with Crippen LogP contribution in [0.4, 0.5) is 11.4 Å². The highest BCUT2D eigenvalue weighted by Crippen LogP contribution is 2.40. The highest BCUT2D eigenvalue weighted by Gasteiger charge is 2.28. The van der Waals surface area contributed by atoms with E-state index in [0.717, 1.165) is 5.69 Å². The third kappa shape index (κ3) is 5.15. The summed E-state index contributed by atoms with van der Waals surface area (Å²) in [4.78, 5) is 18.0. The van der Waals surface area contributed by atoms with Crippen LogP contribution >= 0.6 is 0 Å². The van der Waals surface area contributed by atoms with Crippen molar-refractivity contribution >= 4 is 23.1 Å². The number of carbonyl (C=O) groups is 1. The molecule has 0 bridgehead atoms. The van der Waals surface area contributed by atoms with Crippen molar-refractivity contribution in [2.75, 3.05) is 52.2 Å². The molecular formula is C23H24N2O6. The largest absolute Gasteiger partial charge is 0.487 e. The zero-order valence-electron chi connectivity index (χ0n) is 17.5. The van der Waals surface area contributed by atoms with Crippen molar-refractivity contribution < 1.29 is 28.8 Å². The van der Waals surface area contributed by atoms with E-state index in [1.165, 1.54) is 0 Å². The van der Waals surface area contributed by atoms with E-state index in [0.29, 0.717) is 48.1 Å². The first-order valence-electron chi connectivity index (χ1n) is 9.63. The van der Waals surface area contributed by atoms with Gasteiger partial charge in [-0.1, -0.05) is 12.0 Å². The zero-order valence-corrected chi connectivity index (χ0v) is 17.5. The van der Waals surface area contributed by atoms with Crippen LogP contribution in [0.1, 0.15) is 11.1 Å². The molecule has 31 heavy (non-hydrogen) atoms. The average Bonchev–Trinajstić information content (AvgIpc) is 2.78. The molecule has 0 unspecified atom stereocenters. The van der Waals surface area contributed by atoms with E-state index in [9.17, 15) is 9.90 Å². The number of hydrogen-bond acceptors (Lipinski definition) is 7. The van der Waals surface area contributed by atoms with E-state index < -0.39 is 5.97 Å². The average molecular weight is 424 g/mol. The van der Waals surface area contributed by atoms with Crippen molar-refractivity contribution in [3.63, 3.8) is 0 Å². The van der Waals surface area contributed by atoms with Gasteiger partial charge in [0.15, 0.2) is 17.2 Å². The van der Waals surface area contributed by atoms with Crippen LogP contribution in [0.5, 0.6) is 11.5 Å². The van der Waals surface area contributed by atoms with Gasteiger partial charge in [0.2, 0.25) is 0 Å². The summed E-state index contributed by atoms with van der Waals surface area (Å²) in [5.41, 5.74) is 2.52. The van der Waals surface area contributed by atoms with Gasteiger partial charge in [-0.2, -0.15) is 0 Å². The number of carboxylic acid groups (broad SMARTS) is 1. The van der Waals surface area contributed by atoms with Crippen LogP contribution in [0.2, 0.25) is 0 Å². The number of hydrogen-bond donors (Lipinski definition) is 1. The first kappa shape index (κ1) is 22.2. The molecule has 1 aliphatic rings. The highest BCUT2D eigenvalue weighted by molar-refractivity contribution is 6.44. The van der Waals surface area contributed by atoms with Crippen molar-refractivity contribution in [1.82, 2.24) is 0 Å². The van der Waals surface area contributed by atoms with Gasteiger partial charge in [-0.25, -0.2) is 4.79 Å². The quantitative estimate of drug-likeness (QED) is 0.463. The Balaban J connectivity index is 2.09.